The maximum Gasteiger partial charge on any atom is 0.433 e. The summed E-state index contributed by atoms with van der Waals surface area (Å²) >= 11 is 5.53. The first kappa shape index (κ1) is 9.80. The molecule has 0 aromatic carbocycles. The molecule has 4 nitrogen and oxygen atoms in total. The molecule has 70 valence electrons. The third kappa shape index (κ3) is 2.59. The van der Waals surface area contributed by atoms with Crippen LogP contribution in [0.25, 0.3) is 6.08 Å². The largest absolute Gasteiger partial charge is 0.433 e. The maximum atomic E-state index is 10.2. The summed E-state index contributed by atoms with van der Waals surface area (Å²) in [5.41, 5.74) is 0.894. The van der Waals surface area contributed by atoms with Gasteiger partial charge in [0, 0.05) is 5.88 Å². The molecule has 0 aliphatic heterocycles. The number of hydrogen-bond acceptors (Lipinski definition) is 3. The number of hydrogen-bond donors (Lipinski definition) is 0. The van der Waals surface area contributed by atoms with Crippen molar-refractivity contribution in [3.8, 4) is 0 Å². The molecule has 0 unspecified atom stereocenters. The number of furan rings is 1. The van der Waals surface area contributed by atoms with E-state index in [9.17, 15) is 10.1 Å². The second-order valence-corrected chi connectivity index (χ2v) is 2.82. The molecule has 0 atom stereocenters. The van der Waals surface area contributed by atoms with Crippen molar-refractivity contribution in [3.05, 3.63) is 33.6 Å². The van der Waals surface area contributed by atoms with Crippen LogP contribution in [0.1, 0.15) is 12.7 Å². The van der Waals surface area contributed by atoms with Gasteiger partial charge in [0.15, 0.2) is 0 Å². The average Bonchev–Trinajstić information content (AvgIpc) is 2.52. The first-order chi connectivity index (χ1) is 6.13. The molecule has 1 heterocycles. The Labute approximate surface area is 80.0 Å². The molecule has 0 spiro atoms. The molecule has 0 aliphatic carbocycles. The lowest BCUT2D eigenvalue weighted by Gasteiger charge is -1.89. The zero-order valence-electron chi connectivity index (χ0n) is 6.99. The molecule has 0 fully saturated rings. The summed E-state index contributed by atoms with van der Waals surface area (Å²) in [5, 5.41) is 10.2. The third-order valence-electron chi connectivity index (χ3n) is 1.39. The van der Waals surface area contributed by atoms with Crippen molar-refractivity contribution in [1.29, 1.82) is 0 Å². The fourth-order valence-corrected chi connectivity index (χ4v) is 0.876. The van der Waals surface area contributed by atoms with Gasteiger partial charge in [-0.1, -0.05) is 5.57 Å². The van der Waals surface area contributed by atoms with E-state index in [0.717, 1.165) is 5.57 Å². The van der Waals surface area contributed by atoms with E-state index in [-0.39, 0.29) is 5.88 Å². The molecule has 0 saturated heterocycles. The molecule has 1 aromatic heterocycles. The van der Waals surface area contributed by atoms with E-state index in [1.54, 1.807) is 6.08 Å². The quantitative estimate of drug-likeness (QED) is 0.429. The molecular weight excluding hydrogens is 194 g/mol. The fraction of sp³-hybridized carbons (Fsp3) is 0.250. The van der Waals surface area contributed by atoms with Gasteiger partial charge in [0.2, 0.25) is 0 Å². The molecule has 1 aromatic rings. The maximum absolute atomic E-state index is 10.2. The van der Waals surface area contributed by atoms with Crippen LogP contribution in [0.5, 0.6) is 0 Å². The second-order valence-electron chi connectivity index (χ2n) is 2.56. The van der Waals surface area contributed by atoms with E-state index in [1.807, 2.05) is 6.92 Å². The lowest BCUT2D eigenvalue weighted by atomic mass is 10.3. The summed E-state index contributed by atoms with van der Waals surface area (Å²) in [6.45, 7) is 1.82. The van der Waals surface area contributed by atoms with Crippen LogP contribution >= 0.6 is 11.6 Å². The molecule has 0 aliphatic rings. The normalized spacial score (nSPS) is 11.7. The van der Waals surface area contributed by atoms with Crippen LogP contribution in [0.3, 0.4) is 0 Å². The van der Waals surface area contributed by atoms with Gasteiger partial charge in [-0.05, 0) is 19.1 Å². The minimum Gasteiger partial charge on any atom is -0.401 e. The average molecular weight is 202 g/mol. The van der Waals surface area contributed by atoms with Gasteiger partial charge in [-0.25, -0.2) is 0 Å². The topological polar surface area (TPSA) is 56.3 Å². The van der Waals surface area contributed by atoms with E-state index in [0.29, 0.717) is 11.6 Å². The van der Waals surface area contributed by atoms with Gasteiger partial charge in [0.05, 0.1) is 6.07 Å². The first-order valence-electron chi connectivity index (χ1n) is 3.61. The molecular formula is C8H8ClNO3. The zero-order valence-corrected chi connectivity index (χ0v) is 7.75. The van der Waals surface area contributed by atoms with Crippen molar-refractivity contribution >= 4 is 23.6 Å². The fourth-order valence-electron chi connectivity index (χ4n) is 0.799. The molecule has 13 heavy (non-hydrogen) atoms. The lowest BCUT2D eigenvalue weighted by molar-refractivity contribution is -0.402. The summed E-state index contributed by atoms with van der Waals surface area (Å²) in [6.07, 6.45) is 1.67. The summed E-state index contributed by atoms with van der Waals surface area (Å²) in [4.78, 5) is 9.66. The van der Waals surface area contributed by atoms with Gasteiger partial charge in [0.1, 0.15) is 10.7 Å². The van der Waals surface area contributed by atoms with Gasteiger partial charge in [-0.2, -0.15) is 0 Å². The highest BCUT2D eigenvalue weighted by molar-refractivity contribution is 6.19. The van der Waals surface area contributed by atoms with Gasteiger partial charge < -0.3 is 4.42 Å². The number of alkyl halides is 1. The van der Waals surface area contributed by atoms with Crippen LogP contribution in [0, 0.1) is 10.1 Å². The first-order valence-corrected chi connectivity index (χ1v) is 4.14. The van der Waals surface area contributed by atoms with Gasteiger partial charge in [-0.15, -0.1) is 11.6 Å². The molecule has 5 heteroatoms. The van der Waals surface area contributed by atoms with Crippen molar-refractivity contribution in [2.24, 2.45) is 0 Å². The van der Waals surface area contributed by atoms with E-state index >= 15 is 0 Å². The highest BCUT2D eigenvalue weighted by Gasteiger charge is 2.09. The highest BCUT2D eigenvalue weighted by atomic mass is 35.5. The number of halogens is 1. The summed E-state index contributed by atoms with van der Waals surface area (Å²) in [6, 6.07) is 2.85. The molecule has 1 rings (SSSR count). The Morgan fingerprint density at radius 3 is 2.92 bits per heavy atom. The number of rotatable bonds is 3. The Morgan fingerprint density at radius 1 is 1.77 bits per heavy atom. The number of nitro groups is 1. The molecule has 0 N–H and O–H groups in total. The number of nitrogens with zero attached hydrogens (tertiary/aromatic N) is 1. The molecule has 0 radical (unpaired) electrons. The highest BCUT2D eigenvalue weighted by Crippen LogP contribution is 2.18. The summed E-state index contributed by atoms with van der Waals surface area (Å²) < 4.78 is 4.88. The zero-order chi connectivity index (χ0) is 9.84. The monoisotopic (exact) mass is 201 g/mol. The van der Waals surface area contributed by atoms with Crippen molar-refractivity contribution in [2.45, 2.75) is 6.92 Å². The van der Waals surface area contributed by atoms with Crippen molar-refractivity contribution in [3.63, 3.8) is 0 Å². The van der Waals surface area contributed by atoms with Crippen molar-refractivity contribution in [2.75, 3.05) is 5.88 Å². The Bertz CT molecular complexity index is 343. The van der Waals surface area contributed by atoms with Crippen LogP contribution in [-0.4, -0.2) is 10.8 Å². The van der Waals surface area contributed by atoms with Crippen LogP contribution in [0.4, 0.5) is 5.88 Å². The van der Waals surface area contributed by atoms with Crippen molar-refractivity contribution in [1.82, 2.24) is 0 Å². The Morgan fingerprint density at radius 2 is 2.46 bits per heavy atom. The van der Waals surface area contributed by atoms with Crippen molar-refractivity contribution < 1.29 is 9.34 Å². The van der Waals surface area contributed by atoms with E-state index < -0.39 is 4.92 Å². The van der Waals surface area contributed by atoms with Gasteiger partial charge in [-0.3, -0.25) is 10.1 Å². The minimum atomic E-state index is -0.576. The van der Waals surface area contributed by atoms with Gasteiger partial charge in [0.25, 0.3) is 0 Å². The predicted octanol–water partition coefficient (Wildman–Crippen LogP) is 2.83. The second kappa shape index (κ2) is 4.09. The SMILES string of the molecule is C/C(=C/c1ccc([N+](=O)[O-])o1)CCl. The van der Waals surface area contributed by atoms with E-state index in [1.165, 1.54) is 12.1 Å². The van der Waals surface area contributed by atoms with Crippen LogP contribution in [0.15, 0.2) is 22.1 Å². The Kier molecular flexibility index (Phi) is 3.08. The third-order valence-corrected chi connectivity index (χ3v) is 1.81. The van der Waals surface area contributed by atoms with E-state index in [2.05, 4.69) is 0 Å². The standard InChI is InChI=1S/C8H8ClNO3/c1-6(5-9)4-7-2-3-8(13-7)10(11)12/h2-4H,5H2,1H3/b6-4-. The lowest BCUT2D eigenvalue weighted by Crippen LogP contribution is -1.82. The minimum absolute atomic E-state index is 0.256. The summed E-state index contributed by atoms with van der Waals surface area (Å²) in [5.74, 6) is 0.576. The van der Waals surface area contributed by atoms with Crippen LogP contribution in [-0.2, 0) is 0 Å². The van der Waals surface area contributed by atoms with Gasteiger partial charge >= 0.3 is 5.88 Å². The predicted molar refractivity (Wildman–Crippen MR) is 49.7 cm³/mol. The molecule has 0 saturated carbocycles. The smallest absolute Gasteiger partial charge is 0.401 e. The molecule has 0 amide bonds. The van der Waals surface area contributed by atoms with Crippen LogP contribution in [0.2, 0.25) is 0 Å². The number of allylic oxidation sites excluding steroid dienone is 1. The van der Waals surface area contributed by atoms with E-state index in [4.69, 9.17) is 16.0 Å². The summed E-state index contributed by atoms with van der Waals surface area (Å²) in [7, 11) is 0. The Balaban J connectivity index is 2.86. The Hall–Kier alpha value is -1.29. The van der Waals surface area contributed by atoms with Crippen LogP contribution < -0.4 is 0 Å². The molecule has 0 bridgehead atoms.